The lowest BCUT2D eigenvalue weighted by molar-refractivity contribution is -0.0326. The molecule has 2 nitrogen and oxygen atoms in total. The lowest BCUT2D eigenvalue weighted by atomic mass is 10.3. The van der Waals surface area contributed by atoms with Crippen LogP contribution in [0, 0.1) is 0 Å². The number of nitrogens with two attached hydrogens (primary N) is 1. The maximum Gasteiger partial charge on any atom is 0.441 e. The van der Waals surface area contributed by atoms with Crippen molar-refractivity contribution < 1.29 is 17.4 Å². The highest BCUT2D eigenvalue weighted by Gasteiger charge is 2.27. The molecular weight excluding hydrogens is 235 g/mol. The molecule has 7 heteroatoms. The van der Waals surface area contributed by atoms with Crippen LogP contribution in [0.25, 0.3) is 0 Å². The fraction of sp³-hybridized carbons (Fsp3) is 1.00. The van der Waals surface area contributed by atoms with E-state index in [4.69, 9.17) is 5.73 Å². The van der Waals surface area contributed by atoms with Crippen molar-refractivity contribution in [1.82, 2.24) is 0 Å². The highest BCUT2D eigenvalue weighted by atomic mass is 32.2. The van der Waals surface area contributed by atoms with Crippen molar-refractivity contribution in [2.24, 2.45) is 5.73 Å². The second-order valence-corrected chi connectivity index (χ2v) is 5.76. The largest absolute Gasteiger partial charge is 0.441 e. The van der Waals surface area contributed by atoms with Gasteiger partial charge in [0, 0.05) is 34.1 Å². The molecule has 0 aromatic heterocycles. The summed E-state index contributed by atoms with van der Waals surface area (Å²) in [5.74, 6) is 0.321. The fourth-order valence-electron chi connectivity index (χ4n) is 0.670. The standard InChI is InChI=1S/C7H14F3NOS2/c1-6(11)2-4-14(12)5-3-13-7(8,9)10/h6H,2-5,11H2,1H3. The van der Waals surface area contributed by atoms with Gasteiger partial charge in [0.25, 0.3) is 0 Å². The lowest BCUT2D eigenvalue weighted by Gasteiger charge is -2.06. The lowest BCUT2D eigenvalue weighted by Crippen LogP contribution is -2.19. The second-order valence-electron chi connectivity index (χ2n) is 2.91. The Labute approximate surface area is 88.3 Å². The first-order chi connectivity index (χ1) is 6.31. The van der Waals surface area contributed by atoms with Gasteiger partial charge in [-0.1, -0.05) is 11.8 Å². The van der Waals surface area contributed by atoms with Crippen molar-refractivity contribution in [1.29, 1.82) is 0 Å². The van der Waals surface area contributed by atoms with E-state index in [0.29, 0.717) is 12.2 Å². The van der Waals surface area contributed by atoms with E-state index in [9.17, 15) is 17.4 Å². The topological polar surface area (TPSA) is 43.1 Å². The van der Waals surface area contributed by atoms with Gasteiger partial charge in [-0.2, -0.15) is 13.2 Å². The first-order valence-electron chi connectivity index (χ1n) is 4.12. The average Bonchev–Trinajstić information content (AvgIpc) is 1.98. The predicted octanol–water partition coefficient (Wildman–Crippen LogP) is 1.73. The second kappa shape index (κ2) is 6.68. The minimum Gasteiger partial charge on any atom is -0.328 e. The first kappa shape index (κ1) is 14.2. The molecular formula is C7H14F3NOS2. The van der Waals surface area contributed by atoms with Crippen LogP contribution >= 0.6 is 11.8 Å². The Hall–Kier alpha value is 0.250. The molecule has 0 bridgehead atoms. The molecule has 0 radical (unpaired) electrons. The van der Waals surface area contributed by atoms with Crippen LogP contribution in [-0.2, 0) is 10.8 Å². The highest BCUT2D eigenvalue weighted by molar-refractivity contribution is 8.00. The van der Waals surface area contributed by atoms with E-state index in [1.807, 2.05) is 0 Å². The van der Waals surface area contributed by atoms with Crippen LogP contribution in [0.15, 0.2) is 0 Å². The van der Waals surface area contributed by atoms with Gasteiger partial charge in [-0.25, -0.2) is 0 Å². The van der Waals surface area contributed by atoms with Crippen molar-refractivity contribution in [3.8, 4) is 0 Å². The van der Waals surface area contributed by atoms with Crippen molar-refractivity contribution in [2.75, 3.05) is 17.3 Å². The molecule has 0 heterocycles. The molecule has 0 aromatic carbocycles. The maximum absolute atomic E-state index is 11.7. The van der Waals surface area contributed by atoms with E-state index >= 15 is 0 Å². The molecule has 0 fully saturated rings. The van der Waals surface area contributed by atoms with Crippen LogP contribution < -0.4 is 5.73 Å². The van der Waals surface area contributed by atoms with Crippen LogP contribution in [0.3, 0.4) is 0 Å². The summed E-state index contributed by atoms with van der Waals surface area (Å²) in [7, 11) is -1.18. The molecule has 2 unspecified atom stereocenters. The van der Waals surface area contributed by atoms with Gasteiger partial charge in [-0.05, 0) is 13.3 Å². The molecule has 0 rings (SSSR count). The number of alkyl halides is 3. The van der Waals surface area contributed by atoms with E-state index in [-0.39, 0.29) is 29.3 Å². The average molecular weight is 249 g/mol. The summed E-state index contributed by atoms with van der Waals surface area (Å²) in [6, 6.07) is -0.0470. The first-order valence-corrected chi connectivity index (χ1v) is 6.60. The molecule has 14 heavy (non-hydrogen) atoms. The summed E-state index contributed by atoms with van der Waals surface area (Å²) in [5.41, 5.74) is 1.20. The van der Waals surface area contributed by atoms with Gasteiger partial charge in [0.1, 0.15) is 0 Å². The van der Waals surface area contributed by atoms with E-state index in [1.54, 1.807) is 6.92 Å². The summed E-state index contributed by atoms with van der Waals surface area (Å²) < 4.78 is 46.1. The molecule has 86 valence electrons. The molecule has 0 amide bonds. The van der Waals surface area contributed by atoms with Crippen molar-refractivity contribution in [3.05, 3.63) is 0 Å². The Bertz CT molecular complexity index is 184. The predicted molar refractivity (Wildman–Crippen MR) is 54.7 cm³/mol. The smallest absolute Gasteiger partial charge is 0.328 e. The van der Waals surface area contributed by atoms with E-state index in [2.05, 4.69) is 0 Å². The molecule has 0 aromatic rings. The van der Waals surface area contributed by atoms with Crippen molar-refractivity contribution in [2.45, 2.75) is 24.9 Å². The van der Waals surface area contributed by atoms with E-state index in [0.717, 1.165) is 0 Å². The molecule has 0 saturated carbocycles. The van der Waals surface area contributed by atoms with Gasteiger partial charge < -0.3 is 5.73 Å². The summed E-state index contributed by atoms with van der Waals surface area (Å²) in [6.07, 6.45) is 0.587. The third-order valence-corrected chi connectivity index (χ3v) is 3.72. The Morgan fingerprint density at radius 3 is 2.43 bits per heavy atom. The van der Waals surface area contributed by atoms with Crippen LogP contribution in [0.4, 0.5) is 13.2 Å². The monoisotopic (exact) mass is 249 g/mol. The van der Waals surface area contributed by atoms with Gasteiger partial charge in [-0.3, -0.25) is 4.21 Å². The minimum atomic E-state index is -4.22. The summed E-state index contributed by atoms with van der Waals surface area (Å²) in [6.45, 7) is 1.78. The zero-order valence-corrected chi connectivity index (χ0v) is 9.47. The molecule has 2 atom stereocenters. The van der Waals surface area contributed by atoms with Crippen LogP contribution in [0.2, 0.25) is 0 Å². The van der Waals surface area contributed by atoms with Gasteiger partial charge in [-0.15, -0.1) is 0 Å². The van der Waals surface area contributed by atoms with Gasteiger partial charge >= 0.3 is 5.51 Å². The SMILES string of the molecule is CC(N)CCS(=O)CCSC(F)(F)F. The normalized spacial score (nSPS) is 16.6. The Kier molecular flexibility index (Phi) is 6.80. The number of rotatable bonds is 6. The Morgan fingerprint density at radius 2 is 2.00 bits per heavy atom. The summed E-state index contributed by atoms with van der Waals surface area (Å²) in [4.78, 5) is 0. The fourth-order valence-corrected chi connectivity index (χ4v) is 2.82. The minimum absolute atomic E-state index is 0.0470. The number of thioether (sulfide) groups is 1. The quantitative estimate of drug-likeness (QED) is 0.779. The Balaban J connectivity index is 3.46. The van der Waals surface area contributed by atoms with E-state index < -0.39 is 16.3 Å². The molecule has 0 aliphatic rings. The van der Waals surface area contributed by atoms with Crippen molar-refractivity contribution in [3.63, 3.8) is 0 Å². The highest BCUT2D eigenvalue weighted by Crippen LogP contribution is 2.29. The summed E-state index contributed by atoms with van der Waals surface area (Å²) in [5, 5.41) is 0. The van der Waals surface area contributed by atoms with Crippen LogP contribution in [-0.4, -0.2) is 33.0 Å². The summed E-state index contributed by atoms with van der Waals surface area (Å²) >= 11 is -0.128. The molecule has 0 aliphatic carbocycles. The third-order valence-electron chi connectivity index (χ3n) is 1.38. The third kappa shape index (κ3) is 10.3. The van der Waals surface area contributed by atoms with E-state index in [1.165, 1.54) is 0 Å². The number of hydrogen-bond donors (Lipinski definition) is 1. The zero-order valence-electron chi connectivity index (χ0n) is 7.84. The van der Waals surface area contributed by atoms with Crippen LogP contribution in [0.5, 0.6) is 0 Å². The molecule has 0 aliphatic heterocycles. The zero-order chi connectivity index (χ0) is 11.2. The van der Waals surface area contributed by atoms with Crippen LogP contribution in [0.1, 0.15) is 13.3 Å². The Morgan fingerprint density at radius 1 is 1.43 bits per heavy atom. The van der Waals surface area contributed by atoms with Gasteiger partial charge in [0.05, 0.1) is 0 Å². The molecule has 0 saturated heterocycles. The van der Waals surface area contributed by atoms with Gasteiger partial charge in [0.15, 0.2) is 0 Å². The molecule has 2 N–H and O–H groups in total. The maximum atomic E-state index is 11.7. The van der Waals surface area contributed by atoms with Crippen molar-refractivity contribution >= 4 is 22.6 Å². The van der Waals surface area contributed by atoms with Gasteiger partial charge in [0.2, 0.25) is 0 Å². The number of hydrogen-bond acceptors (Lipinski definition) is 3. The number of halogens is 3. The molecule has 0 spiro atoms.